The van der Waals surface area contributed by atoms with Gasteiger partial charge in [-0.2, -0.15) is 18.4 Å². The summed E-state index contributed by atoms with van der Waals surface area (Å²) in [6.07, 6.45) is -4.59. The maximum atomic E-state index is 13.4. The number of rotatable bonds is 4. The number of nitrogens with two attached hydrogens (primary N) is 1. The lowest BCUT2D eigenvalue weighted by Gasteiger charge is -2.43. The van der Waals surface area contributed by atoms with Gasteiger partial charge < -0.3 is 15.6 Å². The Morgan fingerprint density at radius 3 is 2.53 bits per heavy atom. The first kappa shape index (κ1) is 27.8. The zero-order valence-electron chi connectivity index (χ0n) is 20.3. The van der Waals surface area contributed by atoms with Gasteiger partial charge in [0.1, 0.15) is 6.04 Å². The summed E-state index contributed by atoms with van der Waals surface area (Å²) < 4.78 is 45.2. The van der Waals surface area contributed by atoms with Crippen molar-refractivity contribution in [2.24, 2.45) is 5.73 Å². The molecular weight excluding hydrogens is 503 g/mol. The first-order chi connectivity index (χ1) is 18.0. The molecule has 0 saturated carbocycles. The first-order valence-corrected chi connectivity index (χ1v) is 11.0. The second-order valence-electron chi connectivity index (χ2n) is 8.00. The van der Waals surface area contributed by atoms with E-state index in [1.54, 1.807) is 0 Å². The van der Waals surface area contributed by atoms with Crippen molar-refractivity contribution in [2.45, 2.75) is 25.6 Å². The number of hydrogen-bond donors (Lipinski definition) is 3. The molecule has 1 aliphatic rings. The number of esters is 1. The van der Waals surface area contributed by atoms with Gasteiger partial charge in [-0.1, -0.05) is 24.0 Å². The van der Waals surface area contributed by atoms with Crippen molar-refractivity contribution in [3.8, 4) is 17.9 Å². The third kappa shape index (κ3) is 5.31. The number of aliphatic hydroxyl groups is 1. The summed E-state index contributed by atoms with van der Waals surface area (Å²) in [4.78, 5) is 27.5. The van der Waals surface area contributed by atoms with E-state index in [1.165, 1.54) is 31.2 Å². The highest BCUT2D eigenvalue weighted by molar-refractivity contribution is 6.10. The van der Waals surface area contributed by atoms with Crippen LogP contribution < -0.4 is 10.6 Å². The number of primary amides is 1. The van der Waals surface area contributed by atoms with E-state index >= 15 is 0 Å². The van der Waals surface area contributed by atoms with Gasteiger partial charge in [-0.15, -0.1) is 0 Å². The van der Waals surface area contributed by atoms with Crippen molar-refractivity contribution in [3.05, 3.63) is 76.0 Å². The Kier molecular flexibility index (Phi) is 8.09. The average Bonchev–Trinajstić information content (AvgIpc) is 2.87. The fourth-order valence-electron chi connectivity index (χ4n) is 4.06. The Morgan fingerprint density at radius 2 is 1.95 bits per heavy atom. The van der Waals surface area contributed by atoms with Gasteiger partial charge in [-0.05, 0) is 42.8 Å². The number of methoxy groups -OCH3 is 1. The largest absolute Gasteiger partial charge is 0.466 e. The lowest BCUT2D eigenvalue weighted by Crippen LogP contribution is -2.55. The Balaban J connectivity index is 2.36. The summed E-state index contributed by atoms with van der Waals surface area (Å²) in [5, 5.41) is 27.2. The molecule has 4 N–H and O–H groups in total. The van der Waals surface area contributed by atoms with Crippen LogP contribution in [0.3, 0.4) is 0 Å². The van der Waals surface area contributed by atoms with Crippen molar-refractivity contribution in [2.75, 3.05) is 18.6 Å². The smallest absolute Gasteiger partial charge is 0.416 e. The highest BCUT2D eigenvalue weighted by Gasteiger charge is 2.44. The number of guanidine groups is 1. The number of anilines is 1. The lowest BCUT2D eigenvalue weighted by atomic mass is 9.89. The van der Waals surface area contributed by atoms with Crippen molar-refractivity contribution >= 4 is 23.6 Å². The second kappa shape index (κ2) is 11.1. The van der Waals surface area contributed by atoms with E-state index in [-0.39, 0.29) is 46.7 Å². The number of hydrogen-bond acceptors (Lipinski definition) is 6. The Morgan fingerprint density at radius 1 is 1.24 bits per heavy atom. The van der Waals surface area contributed by atoms with E-state index in [9.17, 15) is 28.0 Å². The molecule has 1 atom stereocenters. The maximum Gasteiger partial charge on any atom is 0.416 e. The third-order valence-corrected chi connectivity index (χ3v) is 5.71. The van der Waals surface area contributed by atoms with Crippen molar-refractivity contribution < 1.29 is 32.6 Å². The summed E-state index contributed by atoms with van der Waals surface area (Å²) in [5.41, 5.74) is 4.96. The molecule has 2 aromatic carbocycles. The van der Waals surface area contributed by atoms with Crippen molar-refractivity contribution in [1.82, 2.24) is 4.90 Å². The maximum absolute atomic E-state index is 13.4. The molecule has 1 aliphatic heterocycles. The monoisotopic (exact) mass is 525 g/mol. The molecule has 0 aliphatic carbocycles. The molecule has 1 heterocycles. The van der Waals surface area contributed by atoms with E-state index < -0.39 is 35.7 Å². The molecule has 2 amide bonds. The molecule has 1 unspecified atom stereocenters. The Labute approximate surface area is 216 Å². The molecule has 2 aromatic rings. The Hall–Kier alpha value is -4.81. The van der Waals surface area contributed by atoms with Crippen LogP contribution in [0.5, 0.6) is 0 Å². The SMILES string of the molecule is COC(=O)C1=C(C)N(c2cccc(C(F)(F)F)c2)C(=N)N(C(N)=O)C1c1ccc(C#N)cc1C#CCCO. The van der Waals surface area contributed by atoms with E-state index in [0.29, 0.717) is 0 Å². The normalized spacial score (nSPS) is 15.5. The molecular formula is C26H22F3N5O4. The molecule has 0 bridgehead atoms. The summed E-state index contributed by atoms with van der Waals surface area (Å²) >= 11 is 0. The topological polar surface area (TPSA) is 144 Å². The third-order valence-electron chi connectivity index (χ3n) is 5.71. The number of benzene rings is 2. The molecule has 38 heavy (non-hydrogen) atoms. The molecule has 9 nitrogen and oxygen atoms in total. The van der Waals surface area contributed by atoms with Gasteiger partial charge in [-0.25, -0.2) is 9.59 Å². The number of carbonyl (C=O) groups excluding carboxylic acids is 2. The fraction of sp³-hybridized carbons (Fsp3) is 0.231. The highest BCUT2D eigenvalue weighted by Crippen LogP contribution is 2.41. The molecule has 0 radical (unpaired) electrons. The summed E-state index contributed by atoms with van der Waals surface area (Å²) in [5.74, 6) is 3.96. The van der Waals surface area contributed by atoms with Gasteiger partial charge in [0.05, 0.1) is 36.5 Å². The number of ether oxygens (including phenoxy) is 1. The zero-order valence-corrected chi connectivity index (χ0v) is 20.3. The minimum absolute atomic E-state index is 0.0160. The second-order valence-corrected chi connectivity index (χ2v) is 8.00. The number of urea groups is 1. The lowest BCUT2D eigenvalue weighted by molar-refractivity contribution is -0.138. The quantitative estimate of drug-likeness (QED) is 0.411. The fourth-order valence-corrected chi connectivity index (χ4v) is 4.06. The number of carbonyl (C=O) groups is 2. The summed E-state index contributed by atoms with van der Waals surface area (Å²) in [7, 11) is 1.09. The molecule has 0 aromatic heterocycles. The number of nitrogens with one attached hydrogen (secondary N) is 1. The van der Waals surface area contributed by atoms with Gasteiger partial charge in [0.25, 0.3) is 0 Å². The Bertz CT molecular complexity index is 1430. The summed E-state index contributed by atoms with van der Waals surface area (Å²) in [6.45, 7) is 1.16. The van der Waals surface area contributed by atoms with Crippen LogP contribution in [0.15, 0.2) is 53.7 Å². The highest BCUT2D eigenvalue weighted by atomic mass is 19.4. The number of amides is 2. The van der Waals surface area contributed by atoms with Crippen LogP contribution in [0.2, 0.25) is 0 Å². The predicted molar refractivity (Wildman–Crippen MR) is 130 cm³/mol. The standard InChI is InChI=1S/C26H22F3N5O4/c1-15-21(23(36)38-2)22(20-10-9-16(14-30)12-17(20)6-3-4-11-35)34(25(32)37)24(31)33(15)19-8-5-7-18(13-19)26(27,28)29/h5,7-10,12-13,22,31,35H,4,11H2,1-2H3,(H2,32,37). The van der Waals surface area contributed by atoms with E-state index in [0.717, 1.165) is 35.1 Å². The number of allylic oxidation sites excluding steroid dienone is 1. The van der Waals surface area contributed by atoms with Gasteiger partial charge in [-0.3, -0.25) is 15.2 Å². The van der Waals surface area contributed by atoms with Gasteiger partial charge in [0.2, 0.25) is 5.96 Å². The van der Waals surface area contributed by atoms with E-state index in [2.05, 4.69) is 11.8 Å². The number of alkyl halides is 3. The first-order valence-electron chi connectivity index (χ1n) is 11.0. The van der Waals surface area contributed by atoms with Gasteiger partial charge in [0, 0.05) is 23.4 Å². The number of halogens is 3. The molecule has 0 fully saturated rings. The number of nitrogens with zero attached hydrogens (tertiary/aromatic N) is 3. The zero-order chi connectivity index (χ0) is 28.2. The predicted octanol–water partition coefficient (Wildman–Crippen LogP) is 3.63. The van der Waals surface area contributed by atoms with Crippen molar-refractivity contribution in [3.63, 3.8) is 0 Å². The van der Waals surface area contributed by atoms with Gasteiger partial charge >= 0.3 is 18.2 Å². The minimum atomic E-state index is -4.69. The van der Waals surface area contributed by atoms with Crippen LogP contribution in [0.25, 0.3) is 0 Å². The number of aliphatic hydroxyl groups excluding tert-OH is 1. The molecule has 0 saturated heterocycles. The van der Waals surface area contributed by atoms with Gasteiger partial charge in [0.15, 0.2) is 0 Å². The van der Waals surface area contributed by atoms with E-state index in [1.807, 2.05) is 6.07 Å². The van der Waals surface area contributed by atoms with E-state index in [4.69, 9.17) is 21.0 Å². The van der Waals surface area contributed by atoms with Crippen molar-refractivity contribution in [1.29, 1.82) is 10.7 Å². The molecule has 196 valence electrons. The van der Waals surface area contributed by atoms with Crippen LogP contribution in [-0.2, 0) is 15.7 Å². The average molecular weight is 525 g/mol. The van der Waals surface area contributed by atoms with Crippen LogP contribution in [-0.4, -0.2) is 41.7 Å². The molecule has 3 rings (SSSR count). The van der Waals surface area contributed by atoms with Crippen LogP contribution in [0.1, 0.15) is 41.6 Å². The molecule has 0 spiro atoms. The summed E-state index contributed by atoms with van der Waals surface area (Å²) in [6, 6.07) is 7.73. The minimum Gasteiger partial charge on any atom is -0.466 e. The van der Waals surface area contributed by atoms with Crippen LogP contribution in [0, 0.1) is 28.6 Å². The van der Waals surface area contributed by atoms with Crippen LogP contribution >= 0.6 is 0 Å². The molecule has 12 heteroatoms. The number of nitriles is 1. The van der Waals surface area contributed by atoms with Crippen LogP contribution in [0.4, 0.5) is 23.7 Å².